The van der Waals surface area contributed by atoms with Crippen LogP contribution >= 0.6 is 0 Å². The second kappa shape index (κ2) is 7.00. The van der Waals surface area contributed by atoms with E-state index in [1.807, 2.05) is 51.9 Å². The number of imidazole rings is 1. The fourth-order valence-electron chi connectivity index (χ4n) is 3.04. The molecule has 0 bridgehead atoms. The van der Waals surface area contributed by atoms with Gasteiger partial charge in [0.05, 0.1) is 18.6 Å². The minimum Gasteiger partial charge on any atom is -0.439 e. The summed E-state index contributed by atoms with van der Waals surface area (Å²) >= 11 is 0. The number of hydrogen-bond acceptors (Lipinski definition) is 4. The smallest absolute Gasteiger partial charge is 0.291 e. The minimum atomic E-state index is 0.0137. The number of rotatable bonds is 6. The molecule has 0 saturated heterocycles. The summed E-state index contributed by atoms with van der Waals surface area (Å²) in [4.78, 5) is 22.8. The molecule has 0 aliphatic carbocycles. The van der Waals surface area contributed by atoms with E-state index in [0.29, 0.717) is 24.1 Å². The van der Waals surface area contributed by atoms with Crippen molar-refractivity contribution in [3.05, 3.63) is 60.7 Å². The molecule has 6 heteroatoms. The molecule has 0 radical (unpaired) electrons. The molecule has 2 aromatic heterocycles. The molecule has 1 aliphatic rings. The first kappa shape index (κ1) is 16.3. The first-order valence-corrected chi connectivity index (χ1v) is 8.80. The van der Waals surface area contributed by atoms with Crippen molar-refractivity contribution in [3.8, 4) is 22.9 Å². The van der Waals surface area contributed by atoms with Crippen molar-refractivity contribution in [1.29, 1.82) is 0 Å². The third kappa shape index (κ3) is 3.06. The Balaban J connectivity index is 1.53. The zero-order chi connectivity index (χ0) is 17.9. The summed E-state index contributed by atoms with van der Waals surface area (Å²) in [6.45, 7) is 3.46. The number of amides is 1. The predicted molar refractivity (Wildman–Crippen MR) is 97.9 cm³/mol. The largest absolute Gasteiger partial charge is 0.439 e. The molecular formula is C20H20N4O2. The van der Waals surface area contributed by atoms with Gasteiger partial charge in [0.25, 0.3) is 5.91 Å². The van der Waals surface area contributed by atoms with E-state index in [0.717, 1.165) is 30.6 Å². The van der Waals surface area contributed by atoms with E-state index >= 15 is 0 Å². The van der Waals surface area contributed by atoms with E-state index < -0.39 is 0 Å². The van der Waals surface area contributed by atoms with Crippen molar-refractivity contribution < 1.29 is 9.53 Å². The van der Waals surface area contributed by atoms with Crippen molar-refractivity contribution in [1.82, 2.24) is 19.4 Å². The van der Waals surface area contributed by atoms with Crippen molar-refractivity contribution in [2.24, 2.45) is 0 Å². The Labute approximate surface area is 152 Å². The number of carbonyl (C=O) groups is 1. The lowest BCUT2D eigenvalue weighted by atomic mass is 10.1. The minimum absolute atomic E-state index is 0.0137. The first-order chi connectivity index (χ1) is 12.8. The van der Waals surface area contributed by atoms with E-state index in [1.54, 1.807) is 12.4 Å². The van der Waals surface area contributed by atoms with Crippen molar-refractivity contribution >= 4 is 5.91 Å². The van der Waals surface area contributed by atoms with Gasteiger partial charge in [0.1, 0.15) is 5.75 Å². The Hall–Kier alpha value is -3.15. The van der Waals surface area contributed by atoms with Gasteiger partial charge in [-0.3, -0.25) is 4.79 Å². The standard InChI is InChI=1S/C20H20N4O2/c1-2-3-12-23-14-24-17(13-22-19(24)20(23)25)15-7-9-16(10-8-15)26-18-6-4-5-11-21-18/h4-11,13H,2-3,12,14H2,1H3. The summed E-state index contributed by atoms with van der Waals surface area (Å²) in [7, 11) is 0. The predicted octanol–water partition coefficient (Wildman–Crippen LogP) is 3.95. The lowest BCUT2D eigenvalue weighted by molar-refractivity contribution is 0.0764. The Morgan fingerprint density at radius 2 is 1.96 bits per heavy atom. The fourth-order valence-corrected chi connectivity index (χ4v) is 3.04. The lowest BCUT2D eigenvalue weighted by Gasteiger charge is -2.15. The summed E-state index contributed by atoms with van der Waals surface area (Å²) in [5, 5.41) is 0. The Morgan fingerprint density at radius 3 is 2.69 bits per heavy atom. The zero-order valence-corrected chi connectivity index (χ0v) is 14.6. The number of unbranched alkanes of at least 4 members (excludes halogenated alkanes) is 1. The first-order valence-electron chi connectivity index (χ1n) is 8.80. The molecule has 0 fully saturated rings. The molecule has 1 aromatic carbocycles. The molecule has 6 nitrogen and oxygen atoms in total. The van der Waals surface area contributed by atoms with Crippen LogP contribution < -0.4 is 4.74 Å². The molecule has 1 aliphatic heterocycles. The van der Waals surface area contributed by atoms with Crippen molar-refractivity contribution in [3.63, 3.8) is 0 Å². The van der Waals surface area contributed by atoms with Gasteiger partial charge in [-0.25, -0.2) is 9.97 Å². The third-order valence-corrected chi connectivity index (χ3v) is 4.44. The van der Waals surface area contributed by atoms with E-state index in [1.165, 1.54) is 0 Å². The van der Waals surface area contributed by atoms with Gasteiger partial charge in [0.15, 0.2) is 0 Å². The second-order valence-corrected chi connectivity index (χ2v) is 6.25. The topological polar surface area (TPSA) is 60.2 Å². The Kier molecular flexibility index (Phi) is 4.39. The number of ether oxygens (including phenoxy) is 1. The maximum absolute atomic E-state index is 12.4. The number of benzene rings is 1. The quantitative estimate of drug-likeness (QED) is 0.677. The zero-order valence-electron chi connectivity index (χ0n) is 14.6. The maximum Gasteiger partial charge on any atom is 0.291 e. The molecule has 4 rings (SSSR count). The van der Waals surface area contributed by atoms with Crippen LogP contribution in [0.3, 0.4) is 0 Å². The van der Waals surface area contributed by atoms with Crippen LogP contribution in [0.4, 0.5) is 0 Å². The van der Waals surface area contributed by atoms with E-state index in [4.69, 9.17) is 4.74 Å². The molecule has 132 valence electrons. The van der Waals surface area contributed by atoms with E-state index in [9.17, 15) is 4.79 Å². The lowest BCUT2D eigenvalue weighted by Crippen LogP contribution is -2.25. The monoisotopic (exact) mass is 348 g/mol. The summed E-state index contributed by atoms with van der Waals surface area (Å²) < 4.78 is 7.70. The highest BCUT2D eigenvalue weighted by molar-refractivity contribution is 5.93. The molecular weight excluding hydrogens is 328 g/mol. The molecule has 0 atom stereocenters. The van der Waals surface area contributed by atoms with Gasteiger partial charge in [0, 0.05) is 24.4 Å². The highest BCUT2D eigenvalue weighted by atomic mass is 16.5. The molecule has 3 heterocycles. The normalized spacial score (nSPS) is 13.1. The fraction of sp³-hybridized carbons (Fsp3) is 0.250. The Morgan fingerprint density at radius 1 is 1.12 bits per heavy atom. The van der Waals surface area contributed by atoms with Crippen LogP contribution in [0.15, 0.2) is 54.9 Å². The van der Waals surface area contributed by atoms with Gasteiger partial charge in [-0.1, -0.05) is 19.4 Å². The molecule has 1 amide bonds. The SMILES string of the molecule is CCCCN1Cn2c(-c3ccc(Oc4ccccn4)cc3)cnc2C1=O. The van der Waals surface area contributed by atoms with Gasteiger partial charge in [-0.05, 0) is 36.8 Å². The summed E-state index contributed by atoms with van der Waals surface area (Å²) in [5.41, 5.74) is 1.94. The number of aromatic nitrogens is 3. The summed E-state index contributed by atoms with van der Waals surface area (Å²) in [6.07, 6.45) is 5.53. The van der Waals surface area contributed by atoms with Crippen LogP contribution in [0.1, 0.15) is 30.4 Å². The number of carbonyl (C=O) groups excluding carboxylic acids is 1. The van der Waals surface area contributed by atoms with E-state index in [-0.39, 0.29) is 5.91 Å². The van der Waals surface area contributed by atoms with Crippen molar-refractivity contribution in [2.75, 3.05) is 6.54 Å². The average Bonchev–Trinajstić information content (AvgIpc) is 3.22. The molecule has 0 unspecified atom stereocenters. The van der Waals surface area contributed by atoms with Crippen LogP contribution in [0.25, 0.3) is 11.3 Å². The number of fused-ring (bicyclic) bond motifs is 1. The molecule has 0 N–H and O–H groups in total. The number of nitrogens with zero attached hydrogens (tertiary/aromatic N) is 4. The van der Waals surface area contributed by atoms with Crippen LogP contribution in [-0.2, 0) is 6.67 Å². The second-order valence-electron chi connectivity index (χ2n) is 6.25. The van der Waals surface area contributed by atoms with Crippen LogP contribution in [0, 0.1) is 0 Å². The maximum atomic E-state index is 12.4. The van der Waals surface area contributed by atoms with Gasteiger partial charge >= 0.3 is 0 Å². The molecule has 3 aromatic rings. The Bertz CT molecular complexity index is 903. The summed E-state index contributed by atoms with van der Waals surface area (Å²) in [5.74, 6) is 1.81. The molecule has 0 saturated carbocycles. The number of pyridine rings is 1. The van der Waals surface area contributed by atoms with Crippen LogP contribution in [-0.4, -0.2) is 31.9 Å². The third-order valence-electron chi connectivity index (χ3n) is 4.44. The van der Waals surface area contributed by atoms with Crippen LogP contribution in [0.2, 0.25) is 0 Å². The average molecular weight is 348 g/mol. The van der Waals surface area contributed by atoms with Crippen molar-refractivity contribution in [2.45, 2.75) is 26.4 Å². The number of hydrogen-bond donors (Lipinski definition) is 0. The highest BCUT2D eigenvalue weighted by Crippen LogP contribution is 2.28. The van der Waals surface area contributed by atoms with E-state index in [2.05, 4.69) is 16.9 Å². The highest BCUT2D eigenvalue weighted by Gasteiger charge is 2.30. The van der Waals surface area contributed by atoms with Gasteiger partial charge in [-0.15, -0.1) is 0 Å². The van der Waals surface area contributed by atoms with Gasteiger partial charge < -0.3 is 14.2 Å². The van der Waals surface area contributed by atoms with Gasteiger partial charge in [0.2, 0.25) is 11.7 Å². The summed E-state index contributed by atoms with van der Waals surface area (Å²) in [6, 6.07) is 13.3. The van der Waals surface area contributed by atoms with Gasteiger partial charge in [-0.2, -0.15) is 0 Å². The van der Waals surface area contributed by atoms with Crippen LogP contribution in [0.5, 0.6) is 11.6 Å². The molecule has 26 heavy (non-hydrogen) atoms. The molecule has 0 spiro atoms.